The van der Waals surface area contributed by atoms with Crippen molar-refractivity contribution in [3.05, 3.63) is 29.3 Å². The van der Waals surface area contributed by atoms with Crippen LogP contribution < -0.4 is 10.5 Å². The maximum atomic E-state index is 12.0. The molecular formula is C10H13F2NO2. The van der Waals surface area contributed by atoms with Crippen molar-refractivity contribution in [2.75, 3.05) is 6.54 Å². The van der Waals surface area contributed by atoms with Crippen molar-refractivity contribution in [3.8, 4) is 5.75 Å². The molecule has 0 aliphatic carbocycles. The number of aliphatic hydroxyl groups excluding tert-OH is 1. The van der Waals surface area contributed by atoms with Gasteiger partial charge in [-0.2, -0.15) is 8.78 Å². The molecule has 0 heterocycles. The van der Waals surface area contributed by atoms with Crippen molar-refractivity contribution in [2.24, 2.45) is 5.73 Å². The molecule has 0 aliphatic heterocycles. The van der Waals surface area contributed by atoms with E-state index in [-0.39, 0.29) is 12.3 Å². The number of alkyl halides is 2. The third kappa shape index (κ3) is 3.14. The fraction of sp³-hybridized carbons (Fsp3) is 0.400. The summed E-state index contributed by atoms with van der Waals surface area (Å²) >= 11 is 0. The van der Waals surface area contributed by atoms with Crippen LogP contribution in [0.4, 0.5) is 8.78 Å². The molecule has 0 saturated carbocycles. The normalized spacial score (nSPS) is 12.9. The first-order valence-electron chi connectivity index (χ1n) is 4.48. The van der Waals surface area contributed by atoms with Gasteiger partial charge in [0.2, 0.25) is 0 Å². The van der Waals surface area contributed by atoms with Gasteiger partial charge in [0.1, 0.15) is 5.75 Å². The highest BCUT2D eigenvalue weighted by molar-refractivity contribution is 5.37. The molecule has 3 N–H and O–H groups in total. The summed E-state index contributed by atoms with van der Waals surface area (Å²) in [4.78, 5) is 0. The zero-order chi connectivity index (χ0) is 11.4. The lowest BCUT2D eigenvalue weighted by Crippen LogP contribution is -2.12. The molecular weight excluding hydrogens is 204 g/mol. The van der Waals surface area contributed by atoms with Crippen LogP contribution in [-0.4, -0.2) is 18.3 Å². The number of aryl methyl sites for hydroxylation is 1. The molecule has 1 atom stereocenters. The average molecular weight is 217 g/mol. The van der Waals surface area contributed by atoms with Crippen LogP contribution in [0.25, 0.3) is 0 Å². The SMILES string of the molecule is Cc1ccc([C@H](O)CN)cc1OC(F)F. The monoisotopic (exact) mass is 217 g/mol. The fourth-order valence-corrected chi connectivity index (χ4v) is 1.18. The Morgan fingerprint density at radius 2 is 2.13 bits per heavy atom. The lowest BCUT2D eigenvalue weighted by atomic mass is 10.1. The Kier molecular flexibility index (Phi) is 3.99. The Hall–Kier alpha value is -1.20. The topological polar surface area (TPSA) is 55.5 Å². The molecule has 15 heavy (non-hydrogen) atoms. The van der Waals surface area contributed by atoms with Crippen LogP contribution in [0.5, 0.6) is 5.75 Å². The second kappa shape index (κ2) is 5.04. The lowest BCUT2D eigenvalue weighted by molar-refractivity contribution is -0.0504. The van der Waals surface area contributed by atoms with E-state index in [2.05, 4.69) is 4.74 Å². The van der Waals surface area contributed by atoms with Gasteiger partial charge >= 0.3 is 6.61 Å². The molecule has 0 bridgehead atoms. The van der Waals surface area contributed by atoms with E-state index in [9.17, 15) is 13.9 Å². The molecule has 0 unspecified atom stereocenters. The smallest absolute Gasteiger partial charge is 0.387 e. The molecule has 5 heteroatoms. The molecule has 0 saturated heterocycles. The van der Waals surface area contributed by atoms with E-state index in [0.29, 0.717) is 11.1 Å². The summed E-state index contributed by atoms with van der Waals surface area (Å²) in [6.07, 6.45) is -0.856. The summed E-state index contributed by atoms with van der Waals surface area (Å²) in [5.41, 5.74) is 6.31. The van der Waals surface area contributed by atoms with Crippen LogP contribution in [-0.2, 0) is 0 Å². The van der Waals surface area contributed by atoms with Crippen molar-refractivity contribution in [3.63, 3.8) is 0 Å². The molecule has 3 nitrogen and oxygen atoms in total. The van der Waals surface area contributed by atoms with Crippen molar-refractivity contribution in [2.45, 2.75) is 19.6 Å². The summed E-state index contributed by atoms with van der Waals surface area (Å²) in [5.74, 6) is 0.0648. The molecule has 0 aromatic heterocycles. The van der Waals surface area contributed by atoms with Gasteiger partial charge in [-0.05, 0) is 24.1 Å². The van der Waals surface area contributed by atoms with E-state index in [1.165, 1.54) is 6.07 Å². The van der Waals surface area contributed by atoms with Gasteiger partial charge in [-0.15, -0.1) is 0 Å². The summed E-state index contributed by atoms with van der Waals surface area (Å²) in [6, 6.07) is 4.61. The average Bonchev–Trinajstić information content (AvgIpc) is 2.19. The molecule has 0 amide bonds. The van der Waals surface area contributed by atoms with Crippen LogP contribution >= 0.6 is 0 Å². The van der Waals surface area contributed by atoms with Crippen molar-refractivity contribution < 1.29 is 18.6 Å². The standard InChI is InChI=1S/C10H13F2NO2/c1-6-2-3-7(8(14)5-13)4-9(6)15-10(11)12/h2-4,8,10,14H,5,13H2,1H3/t8-/m1/s1. The maximum absolute atomic E-state index is 12.0. The van der Waals surface area contributed by atoms with Crippen LogP contribution in [0.2, 0.25) is 0 Å². The van der Waals surface area contributed by atoms with Crippen molar-refractivity contribution in [1.29, 1.82) is 0 Å². The zero-order valence-corrected chi connectivity index (χ0v) is 8.28. The predicted molar refractivity (Wildman–Crippen MR) is 51.8 cm³/mol. The first-order chi connectivity index (χ1) is 7.04. The number of ether oxygens (including phenoxy) is 1. The van der Waals surface area contributed by atoms with E-state index < -0.39 is 12.7 Å². The molecule has 0 aliphatic rings. The number of halogens is 2. The summed E-state index contributed by atoms with van der Waals surface area (Å²) in [5, 5.41) is 9.41. The number of benzene rings is 1. The Balaban J connectivity index is 2.94. The molecule has 84 valence electrons. The van der Waals surface area contributed by atoms with E-state index >= 15 is 0 Å². The van der Waals surface area contributed by atoms with Crippen LogP contribution in [0.15, 0.2) is 18.2 Å². The largest absolute Gasteiger partial charge is 0.435 e. The predicted octanol–water partition coefficient (Wildman–Crippen LogP) is 1.59. The fourth-order valence-electron chi connectivity index (χ4n) is 1.18. The highest BCUT2D eigenvalue weighted by Gasteiger charge is 2.11. The Labute approximate surface area is 86.5 Å². The summed E-state index contributed by atoms with van der Waals surface area (Å²) < 4.78 is 28.3. The second-order valence-corrected chi connectivity index (χ2v) is 3.15. The van der Waals surface area contributed by atoms with Gasteiger partial charge < -0.3 is 15.6 Å². The van der Waals surface area contributed by atoms with E-state index in [1.54, 1.807) is 19.1 Å². The third-order valence-electron chi connectivity index (χ3n) is 2.04. The van der Waals surface area contributed by atoms with Gasteiger partial charge in [0.15, 0.2) is 0 Å². The highest BCUT2D eigenvalue weighted by Crippen LogP contribution is 2.24. The maximum Gasteiger partial charge on any atom is 0.387 e. The zero-order valence-electron chi connectivity index (χ0n) is 8.28. The van der Waals surface area contributed by atoms with Gasteiger partial charge in [-0.25, -0.2) is 0 Å². The third-order valence-corrected chi connectivity index (χ3v) is 2.04. The number of hydrogen-bond donors (Lipinski definition) is 2. The molecule has 0 spiro atoms. The van der Waals surface area contributed by atoms with E-state index in [0.717, 1.165) is 0 Å². The number of hydrogen-bond acceptors (Lipinski definition) is 3. The van der Waals surface area contributed by atoms with Gasteiger partial charge in [0.05, 0.1) is 6.10 Å². The quantitative estimate of drug-likeness (QED) is 0.805. The molecule has 1 aromatic carbocycles. The van der Waals surface area contributed by atoms with Gasteiger partial charge in [-0.1, -0.05) is 12.1 Å². The summed E-state index contributed by atoms with van der Waals surface area (Å²) in [7, 11) is 0. The van der Waals surface area contributed by atoms with Crippen molar-refractivity contribution >= 4 is 0 Å². The minimum Gasteiger partial charge on any atom is -0.435 e. The van der Waals surface area contributed by atoms with Gasteiger partial charge in [0, 0.05) is 6.54 Å². The van der Waals surface area contributed by atoms with Crippen LogP contribution in [0, 0.1) is 6.92 Å². The second-order valence-electron chi connectivity index (χ2n) is 3.15. The number of aliphatic hydroxyl groups is 1. The minimum absolute atomic E-state index is 0.0389. The Morgan fingerprint density at radius 3 is 2.67 bits per heavy atom. The van der Waals surface area contributed by atoms with Crippen molar-refractivity contribution in [1.82, 2.24) is 0 Å². The molecule has 1 rings (SSSR count). The Morgan fingerprint density at radius 1 is 1.47 bits per heavy atom. The van der Waals surface area contributed by atoms with Crippen LogP contribution in [0.3, 0.4) is 0 Å². The molecule has 1 aromatic rings. The summed E-state index contributed by atoms with van der Waals surface area (Å²) in [6.45, 7) is -1.18. The highest BCUT2D eigenvalue weighted by atomic mass is 19.3. The molecule has 0 radical (unpaired) electrons. The van der Waals surface area contributed by atoms with E-state index in [1.807, 2.05) is 0 Å². The first-order valence-corrected chi connectivity index (χ1v) is 4.48. The first kappa shape index (κ1) is 11.9. The van der Waals surface area contributed by atoms with Crippen LogP contribution in [0.1, 0.15) is 17.2 Å². The van der Waals surface area contributed by atoms with Gasteiger partial charge in [-0.3, -0.25) is 0 Å². The number of rotatable bonds is 4. The lowest BCUT2D eigenvalue weighted by Gasteiger charge is -2.12. The number of nitrogens with two attached hydrogens (primary N) is 1. The molecule has 0 fully saturated rings. The minimum atomic E-state index is -2.87. The van der Waals surface area contributed by atoms with Gasteiger partial charge in [0.25, 0.3) is 0 Å². The van der Waals surface area contributed by atoms with E-state index in [4.69, 9.17) is 5.73 Å². The Bertz CT molecular complexity index is 331.